The van der Waals surface area contributed by atoms with Crippen molar-refractivity contribution in [2.24, 2.45) is 5.92 Å². The van der Waals surface area contributed by atoms with Crippen molar-refractivity contribution in [1.29, 1.82) is 0 Å². The summed E-state index contributed by atoms with van der Waals surface area (Å²) in [5.74, 6) is 0.791. The first-order valence-electron chi connectivity index (χ1n) is 10.2. The van der Waals surface area contributed by atoms with Crippen LogP contribution in [0.5, 0.6) is 0 Å². The van der Waals surface area contributed by atoms with Crippen LogP contribution in [0.15, 0.2) is 66.9 Å². The van der Waals surface area contributed by atoms with Gasteiger partial charge in [0.15, 0.2) is 0 Å². The normalized spacial score (nSPS) is 20.6. The molecule has 1 fully saturated rings. The molecule has 27 heavy (non-hydrogen) atoms. The summed E-state index contributed by atoms with van der Waals surface area (Å²) in [6.45, 7) is 10.8. The van der Waals surface area contributed by atoms with E-state index < -0.39 is 0 Å². The molecule has 0 saturated heterocycles. The molecular weight excluding hydrogens is 326 g/mol. The molecule has 1 heteroatoms. The van der Waals surface area contributed by atoms with Crippen molar-refractivity contribution < 1.29 is 0 Å². The molecule has 1 aromatic heterocycles. The zero-order chi connectivity index (χ0) is 19.4. The molecule has 1 heterocycles. The van der Waals surface area contributed by atoms with E-state index in [1.54, 1.807) is 0 Å². The monoisotopic (exact) mass is 357 g/mol. The second kappa shape index (κ2) is 8.08. The molecule has 0 radical (unpaired) electrons. The van der Waals surface area contributed by atoms with E-state index in [2.05, 4.69) is 81.4 Å². The molecule has 2 atom stereocenters. The van der Waals surface area contributed by atoms with Crippen molar-refractivity contribution in [3.63, 3.8) is 0 Å². The molecule has 3 aromatic rings. The van der Waals surface area contributed by atoms with Gasteiger partial charge in [0.2, 0.25) is 0 Å². The molecule has 2 unspecified atom stereocenters. The van der Waals surface area contributed by atoms with Gasteiger partial charge in [-0.25, -0.2) is 0 Å². The Morgan fingerprint density at radius 3 is 2.30 bits per heavy atom. The molecule has 1 aliphatic rings. The van der Waals surface area contributed by atoms with E-state index in [4.69, 9.17) is 4.98 Å². The zero-order valence-electron chi connectivity index (χ0n) is 17.3. The van der Waals surface area contributed by atoms with E-state index in [0.717, 1.165) is 11.6 Å². The Morgan fingerprint density at radius 2 is 1.70 bits per heavy atom. The van der Waals surface area contributed by atoms with Gasteiger partial charge in [0, 0.05) is 11.8 Å². The van der Waals surface area contributed by atoms with Crippen molar-refractivity contribution in [2.75, 3.05) is 0 Å². The van der Waals surface area contributed by atoms with Crippen molar-refractivity contribution in [3.05, 3.63) is 78.0 Å². The van der Waals surface area contributed by atoms with Gasteiger partial charge >= 0.3 is 0 Å². The first kappa shape index (κ1) is 19.4. The van der Waals surface area contributed by atoms with Crippen LogP contribution in [0.1, 0.15) is 51.7 Å². The zero-order valence-corrected chi connectivity index (χ0v) is 17.3. The highest BCUT2D eigenvalue weighted by Crippen LogP contribution is 2.57. The minimum atomic E-state index is 0.297. The smallest absolute Gasteiger partial charge is 0.0705 e. The van der Waals surface area contributed by atoms with Crippen LogP contribution in [0.4, 0.5) is 0 Å². The maximum Gasteiger partial charge on any atom is 0.0705 e. The van der Waals surface area contributed by atoms with Crippen molar-refractivity contribution >= 4 is 0 Å². The number of aryl methyl sites for hydroxylation is 1. The minimum absolute atomic E-state index is 0.297. The molecule has 0 amide bonds. The van der Waals surface area contributed by atoms with Crippen LogP contribution in [-0.4, -0.2) is 4.98 Å². The van der Waals surface area contributed by atoms with E-state index in [9.17, 15) is 0 Å². The van der Waals surface area contributed by atoms with Gasteiger partial charge in [-0.1, -0.05) is 82.6 Å². The molecule has 2 aromatic carbocycles. The Bertz CT molecular complexity index is 880. The summed E-state index contributed by atoms with van der Waals surface area (Å²) in [4.78, 5) is 4.74. The summed E-state index contributed by atoms with van der Waals surface area (Å²) in [7, 11) is 0. The quantitative estimate of drug-likeness (QED) is 0.473. The average molecular weight is 358 g/mol. The second-order valence-electron chi connectivity index (χ2n) is 7.57. The fourth-order valence-corrected chi connectivity index (χ4v) is 4.07. The van der Waals surface area contributed by atoms with Gasteiger partial charge < -0.3 is 0 Å². The molecule has 0 spiro atoms. The topological polar surface area (TPSA) is 12.9 Å². The number of rotatable bonds is 4. The van der Waals surface area contributed by atoms with Gasteiger partial charge in [-0.05, 0) is 59.1 Å². The lowest BCUT2D eigenvalue weighted by atomic mass is 9.86. The number of pyridine rings is 1. The summed E-state index contributed by atoms with van der Waals surface area (Å²) in [5, 5.41) is 0. The van der Waals surface area contributed by atoms with Crippen molar-refractivity contribution in [3.8, 4) is 22.4 Å². The third kappa shape index (κ3) is 3.83. The van der Waals surface area contributed by atoms with Crippen LogP contribution in [0.2, 0.25) is 0 Å². The average Bonchev–Trinajstić information content (AvgIpc) is 3.42. The molecule has 4 rings (SSSR count). The number of aromatic nitrogens is 1. The standard InChI is InChI=1S/C24H25N.C2H6/c1-4-20-15-24(20,3)22-12-11-19(18-8-6-5-7-9-18)14-21(22)23-13-10-17(2)16-25-23;1-2/h5-14,16,20H,4,15H2,1-3H3;1-2H3. The third-order valence-corrected chi connectivity index (χ3v) is 5.83. The Kier molecular flexibility index (Phi) is 5.79. The number of hydrogen-bond acceptors (Lipinski definition) is 1. The molecular formula is C26H31N. The van der Waals surface area contributed by atoms with Crippen LogP contribution < -0.4 is 0 Å². The number of hydrogen-bond donors (Lipinski definition) is 0. The molecule has 0 N–H and O–H groups in total. The predicted molar refractivity (Wildman–Crippen MR) is 117 cm³/mol. The Balaban J connectivity index is 0.00000102. The highest BCUT2D eigenvalue weighted by atomic mass is 14.7. The van der Waals surface area contributed by atoms with Crippen LogP contribution in [0.25, 0.3) is 22.4 Å². The maximum atomic E-state index is 4.74. The van der Waals surface area contributed by atoms with Gasteiger partial charge in [-0.2, -0.15) is 0 Å². The van der Waals surface area contributed by atoms with Gasteiger partial charge in [-0.3, -0.25) is 4.98 Å². The van der Waals surface area contributed by atoms with Crippen molar-refractivity contribution in [2.45, 2.75) is 52.9 Å². The van der Waals surface area contributed by atoms with Crippen molar-refractivity contribution in [1.82, 2.24) is 4.98 Å². The van der Waals surface area contributed by atoms with E-state index in [1.807, 2.05) is 20.0 Å². The summed E-state index contributed by atoms with van der Waals surface area (Å²) in [6, 6.07) is 21.9. The minimum Gasteiger partial charge on any atom is -0.256 e. The molecule has 140 valence electrons. The lowest BCUT2D eigenvalue weighted by Crippen LogP contribution is -2.07. The van der Waals surface area contributed by atoms with Crippen LogP contribution in [0, 0.1) is 12.8 Å². The fraction of sp³-hybridized carbons (Fsp3) is 0.346. The molecule has 1 saturated carbocycles. The lowest BCUT2D eigenvalue weighted by Gasteiger charge is -2.18. The summed E-state index contributed by atoms with van der Waals surface area (Å²) >= 11 is 0. The Morgan fingerprint density at radius 1 is 0.963 bits per heavy atom. The van der Waals surface area contributed by atoms with E-state index in [1.165, 1.54) is 40.7 Å². The number of benzene rings is 2. The second-order valence-corrected chi connectivity index (χ2v) is 7.57. The summed E-state index contributed by atoms with van der Waals surface area (Å²) < 4.78 is 0. The van der Waals surface area contributed by atoms with E-state index >= 15 is 0 Å². The molecule has 0 bridgehead atoms. The van der Waals surface area contributed by atoms with Crippen LogP contribution in [0.3, 0.4) is 0 Å². The molecule has 1 aliphatic carbocycles. The van der Waals surface area contributed by atoms with Crippen LogP contribution in [-0.2, 0) is 5.41 Å². The largest absolute Gasteiger partial charge is 0.256 e. The van der Waals surface area contributed by atoms with Gasteiger partial charge in [-0.15, -0.1) is 0 Å². The maximum absolute atomic E-state index is 4.74. The van der Waals surface area contributed by atoms with Gasteiger partial charge in [0.1, 0.15) is 0 Å². The Labute approximate surface area is 164 Å². The van der Waals surface area contributed by atoms with E-state index in [-0.39, 0.29) is 0 Å². The lowest BCUT2D eigenvalue weighted by molar-refractivity contribution is 0.643. The van der Waals surface area contributed by atoms with Gasteiger partial charge in [0.05, 0.1) is 5.69 Å². The van der Waals surface area contributed by atoms with E-state index in [0.29, 0.717) is 5.41 Å². The van der Waals surface area contributed by atoms with Gasteiger partial charge in [0.25, 0.3) is 0 Å². The molecule has 0 aliphatic heterocycles. The van der Waals surface area contributed by atoms with Crippen LogP contribution >= 0.6 is 0 Å². The first-order valence-corrected chi connectivity index (χ1v) is 10.2. The predicted octanol–water partition coefficient (Wildman–Crippen LogP) is 7.44. The Hall–Kier alpha value is -2.41. The highest BCUT2D eigenvalue weighted by Gasteiger charge is 2.50. The third-order valence-electron chi connectivity index (χ3n) is 5.83. The number of nitrogens with zero attached hydrogens (tertiary/aromatic N) is 1. The summed E-state index contributed by atoms with van der Waals surface area (Å²) in [5.41, 5.74) is 7.85. The first-order chi connectivity index (χ1) is 13.1. The fourth-order valence-electron chi connectivity index (χ4n) is 4.07. The SMILES string of the molecule is CC.CCC1CC1(C)c1ccc(-c2ccccc2)cc1-c1ccc(C)cn1. The molecule has 1 nitrogen and oxygen atoms in total. The highest BCUT2D eigenvalue weighted by molar-refractivity contribution is 5.75. The summed E-state index contributed by atoms with van der Waals surface area (Å²) in [6.07, 6.45) is 4.51.